The van der Waals surface area contributed by atoms with Gasteiger partial charge in [-0.25, -0.2) is 0 Å². The van der Waals surface area contributed by atoms with Crippen LogP contribution in [0.1, 0.15) is 18.2 Å². The molecule has 0 saturated carbocycles. The first-order valence-corrected chi connectivity index (χ1v) is 10.8. The molecule has 1 amide bonds. The summed E-state index contributed by atoms with van der Waals surface area (Å²) in [4.78, 5) is 12.9. The first kappa shape index (κ1) is 20.0. The Kier molecular flexibility index (Phi) is 5.90. The zero-order chi connectivity index (χ0) is 20.4. The van der Waals surface area contributed by atoms with E-state index in [2.05, 4.69) is 29.7 Å². The zero-order valence-electron chi connectivity index (χ0n) is 15.5. The van der Waals surface area contributed by atoms with Crippen molar-refractivity contribution in [3.8, 4) is 11.3 Å². The molecule has 1 fully saturated rings. The molecule has 1 saturated heterocycles. The minimum Gasteiger partial charge on any atom is -0.457 e. The number of nitrogens with one attached hydrogen (secondary N) is 2. The molecule has 1 aliphatic rings. The van der Waals surface area contributed by atoms with Crippen LogP contribution in [-0.4, -0.2) is 11.4 Å². The highest BCUT2D eigenvalue weighted by Crippen LogP contribution is 2.33. The zero-order valence-corrected chi connectivity index (χ0v) is 17.9. The fraction of sp³-hybridized carbons (Fsp3) is 0.136. The summed E-state index contributed by atoms with van der Waals surface area (Å²) >= 11 is 13.5. The Bertz CT molecular complexity index is 1080. The summed E-state index contributed by atoms with van der Waals surface area (Å²) in [6.45, 7) is 2.12. The number of halogens is 2. The van der Waals surface area contributed by atoms with Gasteiger partial charge in [0, 0.05) is 17.3 Å². The van der Waals surface area contributed by atoms with Gasteiger partial charge in [-0.05, 0) is 54.4 Å². The molecule has 1 atom stereocenters. The first-order chi connectivity index (χ1) is 14.0. The van der Waals surface area contributed by atoms with Crippen molar-refractivity contribution in [3.63, 3.8) is 0 Å². The molecule has 7 heteroatoms. The van der Waals surface area contributed by atoms with E-state index in [1.807, 2.05) is 30.3 Å². The van der Waals surface area contributed by atoms with Gasteiger partial charge in [-0.15, -0.1) is 0 Å². The van der Waals surface area contributed by atoms with Crippen molar-refractivity contribution < 1.29 is 9.21 Å². The minimum absolute atomic E-state index is 0.134. The molecule has 0 spiro atoms. The molecular formula is C22H18Cl2N2O2S. The summed E-state index contributed by atoms with van der Waals surface area (Å²) in [6.07, 6.45) is 2.73. The highest BCUT2D eigenvalue weighted by molar-refractivity contribution is 8.05. The summed E-state index contributed by atoms with van der Waals surface area (Å²) in [5.41, 5.74) is 2.82. The van der Waals surface area contributed by atoms with Gasteiger partial charge in [0.25, 0.3) is 5.91 Å². The molecule has 148 valence electrons. The monoisotopic (exact) mass is 444 g/mol. The Balaban J connectivity index is 1.46. The van der Waals surface area contributed by atoms with Crippen molar-refractivity contribution in [2.75, 3.05) is 5.32 Å². The van der Waals surface area contributed by atoms with Crippen LogP contribution in [0.15, 0.2) is 63.9 Å². The lowest BCUT2D eigenvalue weighted by atomic mass is 10.1. The average Bonchev–Trinajstić information content (AvgIpc) is 3.32. The van der Waals surface area contributed by atoms with Crippen LogP contribution < -0.4 is 10.6 Å². The number of anilines is 1. The SMILES string of the molecule is CCc1ccc(NC2NC(=O)C(=Cc3ccc(-c4ccc(Cl)c(Cl)c4)o3)S2)cc1. The fourth-order valence-corrected chi connectivity index (χ4v) is 4.18. The third kappa shape index (κ3) is 4.64. The predicted octanol–water partition coefficient (Wildman–Crippen LogP) is 6.42. The van der Waals surface area contributed by atoms with E-state index in [0.717, 1.165) is 17.7 Å². The molecule has 3 aromatic rings. The molecule has 1 aromatic heterocycles. The molecule has 2 N–H and O–H groups in total. The van der Waals surface area contributed by atoms with Gasteiger partial charge in [-0.3, -0.25) is 4.79 Å². The maximum atomic E-state index is 12.3. The van der Waals surface area contributed by atoms with Gasteiger partial charge in [0.05, 0.1) is 15.0 Å². The molecule has 0 radical (unpaired) electrons. The summed E-state index contributed by atoms with van der Waals surface area (Å²) in [6, 6.07) is 17.2. The van der Waals surface area contributed by atoms with E-state index >= 15 is 0 Å². The maximum Gasteiger partial charge on any atom is 0.260 e. The summed E-state index contributed by atoms with van der Waals surface area (Å²) in [5.74, 6) is 1.12. The lowest BCUT2D eigenvalue weighted by molar-refractivity contribution is -0.116. The van der Waals surface area contributed by atoms with Gasteiger partial charge in [0.2, 0.25) is 0 Å². The van der Waals surface area contributed by atoms with Crippen molar-refractivity contribution >= 4 is 52.6 Å². The van der Waals surface area contributed by atoms with E-state index < -0.39 is 0 Å². The number of amides is 1. The second kappa shape index (κ2) is 8.57. The van der Waals surface area contributed by atoms with E-state index in [4.69, 9.17) is 27.6 Å². The van der Waals surface area contributed by atoms with Crippen LogP contribution in [0.5, 0.6) is 0 Å². The number of carbonyl (C=O) groups excluding carboxylic acids is 1. The number of carbonyl (C=O) groups is 1. The van der Waals surface area contributed by atoms with Crippen molar-refractivity contribution in [2.24, 2.45) is 0 Å². The summed E-state index contributed by atoms with van der Waals surface area (Å²) in [7, 11) is 0. The van der Waals surface area contributed by atoms with E-state index in [9.17, 15) is 4.79 Å². The Labute approximate surface area is 183 Å². The Morgan fingerprint density at radius 1 is 1.10 bits per heavy atom. The third-order valence-corrected chi connectivity index (χ3v) is 6.26. The number of furan rings is 1. The predicted molar refractivity (Wildman–Crippen MR) is 121 cm³/mol. The van der Waals surface area contributed by atoms with E-state index in [-0.39, 0.29) is 11.4 Å². The van der Waals surface area contributed by atoms with Crippen LogP contribution >= 0.6 is 35.0 Å². The number of thioether (sulfide) groups is 1. The minimum atomic E-state index is -0.231. The van der Waals surface area contributed by atoms with Crippen LogP contribution in [0.3, 0.4) is 0 Å². The van der Waals surface area contributed by atoms with Crippen molar-refractivity contribution in [2.45, 2.75) is 18.8 Å². The van der Waals surface area contributed by atoms with E-state index in [1.165, 1.54) is 17.3 Å². The Morgan fingerprint density at radius 3 is 2.62 bits per heavy atom. The molecule has 1 unspecified atom stereocenters. The maximum absolute atomic E-state index is 12.3. The quantitative estimate of drug-likeness (QED) is 0.446. The normalized spacial score (nSPS) is 17.6. The molecule has 0 aliphatic carbocycles. The molecule has 2 aromatic carbocycles. The molecule has 2 heterocycles. The largest absolute Gasteiger partial charge is 0.457 e. The lowest BCUT2D eigenvalue weighted by Crippen LogP contribution is -2.30. The van der Waals surface area contributed by atoms with Gasteiger partial charge in [-0.1, -0.05) is 54.0 Å². The molecule has 0 bridgehead atoms. The van der Waals surface area contributed by atoms with Crippen LogP contribution in [0.4, 0.5) is 5.69 Å². The number of aryl methyl sites for hydroxylation is 1. The lowest BCUT2D eigenvalue weighted by Gasteiger charge is -2.12. The van der Waals surface area contributed by atoms with Gasteiger partial charge < -0.3 is 15.1 Å². The molecule has 4 nitrogen and oxygen atoms in total. The summed E-state index contributed by atoms with van der Waals surface area (Å²) in [5, 5.41) is 7.19. The number of rotatable bonds is 5. The van der Waals surface area contributed by atoms with Crippen LogP contribution in [0.2, 0.25) is 10.0 Å². The van der Waals surface area contributed by atoms with Gasteiger partial charge in [0.1, 0.15) is 11.5 Å². The second-order valence-corrected chi connectivity index (χ2v) is 8.47. The smallest absolute Gasteiger partial charge is 0.260 e. The Morgan fingerprint density at radius 2 is 1.90 bits per heavy atom. The molecular weight excluding hydrogens is 427 g/mol. The average molecular weight is 445 g/mol. The molecule has 1 aliphatic heterocycles. The standard InChI is InChI=1S/C22H18Cl2N2O2S/c1-2-13-3-6-15(7-4-13)25-22-26-21(27)20(29-22)12-16-8-10-19(28-16)14-5-9-17(23)18(24)11-14/h3-12,22,25H,2H2,1H3,(H,26,27). The van der Waals surface area contributed by atoms with Crippen molar-refractivity contribution in [1.29, 1.82) is 0 Å². The summed E-state index contributed by atoms with van der Waals surface area (Å²) < 4.78 is 5.86. The first-order valence-electron chi connectivity index (χ1n) is 9.12. The highest BCUT2D eigenvalue weighted by Gasteiger charge is 2.27. The Hall–Kier alpha value is -2.34. The van der Waals surface area contributed by atoms with Gasteiger partial charge in [-0.2, -0.15) is 0 Å². The highest BCUT2D eigenvalue weighted by atomic mass is 35.5. The van der Waals surface area contributed by atoms with Crippen LogP contribution in [0, 0.1) is 0 Å². The number of benzene rings is 2. The van der Waals surface area contributed by atoms with Crippen molar-refractivity contribution in [3.05, 3.63) is 80.9 Å². The fourth-order valence-electron chi connectivity index (χ4n) is 2.92. The second-order valence-electron chi connectivity index (χ2n) is 6.51. The van der Waals surface area contributed by atoms with Crippen LogP contribution in [0.25, 0.3) is 17.4 Å². The third-order valence-electron chi connectivity index (χ3n) is 4.49. The topological polar surface area (TPSA) is 54.3 Å². The number of hydrogen-bond donors (Lipinski definition) is 2. The van der Waals surface area contributed by atoms with Gasteiger partial charge in [0.15, 0.2) is 5.50 Å². The van der Waals surface area contributed by atoms with Crippen molar-refractivity contribution in [1.82, 2.24) is 5.32 Å². The van der Waals surface area contributed by atoms with Crippen LogP contribution in [-0.2, 0) is 11.2 Å². The molecule has 4 rings (SSSR count). The van der Waals surface area contributed by atoms with E-state index in [1.54, 1.807) is 18.2 Å². The number of hydrogen-bond acceptors (Lipinski definition) is 4. The van der Waals surface area contributed by atoms with E-state index in [0.29, 0.717) is 26.5 Å². The van der Waals surface area contributed by atoms with Gasteiger partial charge >= 0.3 is 0 Å². The molecule has 29 heavy (non-hydrogen) atoms.